The molecule has 0 spiro atoms. The number of nitrogens with zero attached hydrogens (tertiary/aromatic N) is 4. The third kappa shape index (κ3) is 3.14. The number of nitrogens with two attached hydrogens (primary N) is 2. The molecule has 1 heterocycles. The average molecular weight is 260 g/mol. The van der Waals surface area contributed by atoms with Crippen LogP contribution in [0.2, 0.25) is 0 Å². The molecule has 0 radical (unpaired) electrons. The summed E-state index contributed by atoms with van der Waals surface area (Å²) in [5.74, 6) is -0.177. The summed E-state index contributed by atoms with van der Waals surface area (Å²) in [5.41, 5.74) is 11.5. The van der Waals surface area contributed by atoms with Gasteiger partial charge in [0.1, 0.15) is 0 Å². The molecule has 1 amide bonds. The monoisotopic (exact) mass is 260 g/mol. The third-order valence-electron chi connectivity index (χ3n) is 2.81. The average Bonchev–Trinajstić information content (AvgIpc) is 2.77. The topological polar surface area (TPSA) is 113 Å². The third-order valence-corrected chi connectivity index (χ3v) is 2.81. The van der Waals surface area contributed by atoms with Crippen LogP contribution in [0, 0.1) is 0 Å². The van der Waals surface area contributed by atoms with Gasteiger partial charge < -0.3 is 11.5 Å². The fourth-order valence-corrected chi connectivity index (χ4v) is 1.97. The molecule has 19 heavy (non-hydrogen) atoms. The van der Waals surface area contributed by atoms with Crippen molar-refractivity contribution >= 4 is 5.91 Å². The highest BCUT2D eigenvalue weighted by Gasteiger charge is 2.34. The number of aromatic nitrogens is 4. The van der Waals surface area contributed by atoms with Crippen LogP contribution in [0.5, 0.6) is 0 Å². The van der Waals surface area contributed by atoms with Gasteiger partial charge in [0.2, 0.25) is 5.91 Å². The van der Waals surface area contributed by atoms with E-state index in [-0.39, 0.29) is 6.42 Å². The van der Waals surface area contributed by atoms with Crippen molar-refractivity contribution in [1.29, 1.82) is 0 Å². The fourth-order valence-electron chi connectivity index (χ4n) is 1.97. The molecule has 1 unspecified atom stereocenters. The molecule has 1 aromatic heterocycles. The number of carbonyl (C=O) groups excluding carboxylic acids is 1. The Morgan fingerprint density at radius 1 is 1.37 bits per heavy atom. The Bertz CT molecular complexity index is 567. The first-order chi connectivity index (χ1) is 8.99. The van der Waals surface area contributed by atoms with E-state index in [0.717, 1.165) is 5.56 Å². The molecule has 0 fully saturated rings. The number of benzene rings is 1. The van der Waals surface area contributed by atoms with Gasteiger partial charge in [0, 0.05) is 0 Å². The zero-order valence-corrected chi connectivity index (χ0v) is 10.7. The molecular weight excluding hydrogens is 244 g/mol. The van der Waals surface area contributed by atoms with E-state index in [1.165, 1.54) is 4.80 Å². The van der Waals surface area contributed by atoms with Crippen LogP contribution in [0.15, 0.2) is 30.3 Å². The summed E-state index contributed by atoms with van der Waals surface area (Å²) < 4.78 is 0. The lowest BCUT2D eigenvalue weighted by Crippen LogP contribution is -2.44. The summed E-state index contributed by atoms with van der Waals surface area (Å²) in [6.07, 6.45) is 0.385. The first-order valence-electron chi connectivity index (χ1n) is 5.85. The highest BCUT2D eigenvalue weighted by atomic mass is 16.1. The number of amides is 1. The van der Waals surface area contributed by atoms with Crippen LogP contribution in [-0.2, 0) is 23.8 Å². The smallest absolute Gasteiger partial charge is 0.219 e. The highest BCUT2D eigenvalue weighted by molar-refractivity contribution is 5.75. The second-order valence-electron chi connectivity index (χ2n) is 4.56. The normalized spacial score (nSPS) is 14.0. The lowest BCUT2D eigenvalue weighted by Gasteiger charge is -2.24. The van der Waals surface area contributed by atoms with Gasteiger partial charge in [-0.2, -0.15) is 4.80 Å². The summed E-state index contributed by atoms with van der Waals surface area (Å²) in [6.45, 7) is 0. The van der Waals surface area contributed by atoms with Crippen LogP contribution in [-0.4, -0.2) is 26.1 Å². The first-order valence-corrected chi connectivity index (χ1v) is 5.85. The van der Waals surface area contributed by atoms with Gasteiger partial charge in [-0.1, -0.05) is 30.3 Å². The zero-order chi connectivity index (χ0) is 13.9. The summed E-state index contributed by atoms with van der Waals surface area (Å²) >= 11 is 0. The Balaban J connectivity index is 2.32. The molecule has 0 bridgehead atoms. The predicted molar refractivity (Wildman–Crippen MR) is 68.6 cm³/mol. The van der Waals surface area contributed by atoms with Gasteiger partial charge in [-0.05, 0) is 17.2 Å². The maximum absolute atomic E-state index is 11.2. The quantitative estimate of drug-likeness (QED) is 0.751. The maximum atomic E-state index is 11.2. The van der Waals surface area contributed by atoms with Crippen molar-refractivity contribution in [3.8, 4) is 0 Å². The van der Waals surface area contributed by atoms with Gasteiger partial charge in [0.05, 0.1) is 19.0 Å². The van der Waals surface area contributed by atoms with Crippen molar-refractivity contribution in [2.45, 2.75) is 18.4 Å². The Morgan fingerprint density at radius 2 is 2.05 bits per heavy atom. The van der Waals surface area contributed by atoms with Gasteiger partial charge in [0.25, 0.3) is 0 Å². The van der Waals surface area contributed by atoms with Gasteiger partial charge in [-0.3, -0.25) is 4.79 Å². The van der Waals surface area contributed by atoms with Gasteiger partial charge in [-0.15, -0.1) is 10.2 Å². The van der Waals surface area contributed by atoms with Crippen LogP contribution >= 0.6 is 0 Å². The van der Waals surface area contributed by atoms with Gasteiger partial charge in [-0.25, -0.2) is 0 Å². The zero-order valence-electron chi connectivity index (χ0n) is 10.7. The summed E-state index contributed by atoms with van der Waals surface area (Å²) in [5, 5.41) is 11.8. The number of tetrazole rings is 1. The minimum absolute atomic E-state index is 0.0341. The van der Waals surface area contributed by atoms with E-state index in [2.05, 4.69) is 15.4 Å². The van der Waals surface area contributed by atoms with Crippen molar-refractivity contribution in [1.82, 2.24) is 20.2 Å². The predicted octanol–water partition coefficient (Wildman–Crippen LogP) is -0.518. The highest BCUT2D eigenvalue weighted by Crippen LogP contribution is 2.23. The van der Waals surface area contributed by atoms with Crippen molar-refractivity contribution in [2.75, 3.05) is 0 Å². The second kappa shape index (κ2) is 5.15. The van der Waals surface area contributed by atoms with Crippen molar-refractivity contribution < 1.29 is 4.79 Å². The van der Waals surface area contributed by atoms with Crippen molar-refractivity contribution in [3.63, 3.8) is 0 Å². The minimum Gasteiger partial charge on any atom is -0.370 e. The number of hydrogen-bond acceptors (Lipinski definition) is 5. The van der Waals surface area contributed by atoms with E-state index in [1.807, 2.05) is 30.3 Å². The number of carbonyl (C=O) groups is 1. The largest absolute Gasteiger partial charge is 0.370 e. The lowest BCUT2D eigenvalue weighted by molar-refractivity contribution is -0.119. The van der Waals surface area contributed by atoms with Crippen LogP contribution in [0.3, 0.4) is 0 Å². The Hall–Kier alpha value is -2.28. The minimum atomic E-state index is -1.04. The van der Waals surface area contributed by atoms with E-state index in [4.69, 9.17) is 11.5 Å². The fraction of sp³-hybridized carbons (Fsp3) is 0.333. The maximum Gasteiger partial charge on any atom is 0.219 e. The molecular formula is C12H16N6O. The second-order valence-corrected chi connectivity index (χ2v) is 4.56. The summed E-state index contributed by atoms with van der Waals surface area (Å²) in [4.78, 5) is 12.6. The van der Waals surface area contributed by atoms with Gasteiger partial charge in [0.15, 0.2) is 5.82 Å². The van der Waals surface area contributed by atoms with E-state index < -0.39 is 11.4 Å². The van der Waals surface area contributed by atoms with Crippen LogP contribution < -0.4 is 11.5 Å². The van der Waals surface area contributed by atoms with Crippen molar-refractivity contribution in [3.05, 3.63) is 41.7 Å². The van der Waals surface area contributed by atoms with Crippen LogP contribution in [0.25, 0.3) is 0 Å². The summed E-state index contributed by atoms with van der Waals surface area (Å²) in [7, 11) is 1.64. The molecule has 0 aliphatic rings. The number of rotatable bonds is 5. The molecule has 0 saturated heterocycles. The Kier molecular flexibility index (Phi) is 3.57. The molecule has 2 rings (SSSR count). The Morgan fingerprint density at radius 3 is 2.58 bits per heavy atom. The van der Waals surface area contributed by atoms with Gasteiger partial charge >= 0.3 is 0 Å². The molecule has 0 aliphatic carbocycles. The van der Waals surface area contributed by atoms with Crippen LogP contribution in [0.4, 0.5) is 0 Å². The van der Waals surface area contributed by atoms with E-state index in [9.17, 15) is 4.79 Å². The lowest BCUT2D eigenvalue weighted by atomic mass is 9.87. The van der Waals surface area contributed by atoms with Crippen molar-refractivity contribution in [2.24, 2.45) is 18.5 Å². The number of hydrogen-bond donors (Lipinski definition) is 2. The molecule has 0 saturated carbocycles. The van der Waals surface area contributed by atoms with Crippen LogP contribution in [0.1, 0.15) is 17.8 Å². The standard InChI is InChI=1S/C12H16N6O/c1-18-16-11(15-17-18)12(14,8-10(13)19)7-9-5-3-2-4-6-9/h2-6H,7-8,14H2,1H3,(H2,13,19). The van der Waals surface area contributed by atoms with E-state index >= 15 is 0 Å². The van der Waals surface area contributed by atoms with E-state index in [0.29, 0.717) is 12.2 Å². The number of primary amides is 1. The first kappa shape index (κ1) is 13.2. The molecule has 7 nitrogen and oxygen atoms in total. The molecule has 7 heteroatoms. The SMILES string of the molecule is Cn1nnc(C(N)(CC(N)=O)Cc2ccccc2)n1. The molecule has 0 aliphatic heterocycles. The Labute approximate surface area is 110 Å². The molecule has 4 N–H and O–H groups in total. The molecule has 1 aromatic carbocycles. The van der Waals surface area contributed by atoms with E-state index in [1.54, 1.807) is 7.05 Å². The molecule has 1 atom stereocenters. The number of aryl methyl sites for hydroxylation is 1. The molecule has 2 aromatic rings. The molecule has 100 valence electrons. The summed E-state index contributed by atoms with van der Waals surface area (Å²) in [6, 6.07) is 9.59.